The van der Waals surface area contributed by atoms with Gasteiger partial charge >= 0.3 is 0 Å². The van der Waals surface area contributed by atoms with Crippen molar-refractivity contribution in [3.63, 3.8) is 0 Å². The molecule has 2 aliphatic heterocycles. The number of nitrogens with zero attached hydrogens (tertiary/aromatic N) is 2. The molecule has 1 atom stereocenters. The lowest BCUT2D eigenvalue weighted by molar-refractivity contribution is 0.292. The molecule has 12 heavy (non-hydrogen) atoms. The van der Waals surface area contributed by atoms with Crippen molar-refractivity contribution >= 4 is 10.2 Å². The Morgan fingerprint density at radius 3 is 2.92 bits per heavy atom. The van der Waals surface area contributed by atoms with E-state index in [1.54, 1.807) is 11.4 Å². The Morgan fingerprint density at radius 2 is 2.25 bits per heavy atom. The SMILES string of the molecule is CN1CC2CNCCN2S1(=O)=O. The zero-order valence-electron chi connectivity index (χ0n) is 7.02. The molecule has 0 bridgehead atoms. The van der Waals surface area contributed by atoms with Crippen molar-refractivity contribution in [1.29, 1.82) is 0 Å². The van der Waals surface area contributed by atoms with Gasteiger partial charge in [0.15, 0.2) is 0 Å². The van der Waals surface area contributed by atoms with Gasteiger partial charge in [-0.1, -0.05) is 0 Å². The molecule has 2 aliphatic rings. The Bertz CT molecular complexity index is 277. The Hall–Kier alpha value is -0.170. The summed E-state index contributed by atoms with van der Waals surface area (Å²) in [6.07, 6.45) is 0. The van der Waals surface area contributed by atoms with E-state index in [9.17, 15) is 8.42 Å². The molecular formula is C6H13N3O2S. The van der Waals surface area contributed by atoms with Gasteiger partial charge < -0.3 is 5.32 Å². The van der Waals surface area contributed by atoms with E-state index in [0.717, 1.165) is 13.1 Å². The number of rotatable bonds is 0. The van der Waals surface area contributed by atoms with Gasteiger partial charge in [0.05, 0.1) is 6.04 Å². The molecule has 0 aromatic heterocycles. The van der Waals surface area contributed by atoms with Crippen LogP contribution in [-0.4, -0.2) is 56.3 Å². The van der Waals surface area contributed by atoms with Gasteiger partial charge in [-0.25, -0.2) is 0 Å². The molecule has 70 valence electrons. The van der Waals surface area contributed by atoms with E-state index >= 15 is 0 Å². The molecule has 1 unspecified atom stereocenters. The predicted octanol–water partition coefficient (Wildman–Crippen LogP) is -1.55. The van der Waals surface area contributed by atoms with Gasteiger partial charge in [0.2, 0.25) is 0 Å². The van der Waals surface area contributed by atoms with Crippen molar-refractivity contribution in [2.24, 2.45) is 0 Å². The average Bonchev–Trinajstić information content (AvgIpc) is 2.25. The fourth-order valence-corrected chi connectivity index (χ4v) is 3.33. The molecule has 0 radical (unpaired) electrons. The summed E-state index contributed by atoms with van der Waals surface area (Å²) in [6, 6.07) is 0.147. The Kier molecular flexibility index (Phi) is 1.87. The molecule has 2 rings (SSSR count). The van der Waals surface area contributed by atoms with Crippen molar-refractivity contribution in [3.05, 3.63) is 0 Å². The first-order valence-corrected chi connectivity index (χ1v) is 5.46. The van der Waals surface area contributed by atoms with Gasteiger partial charge in [-0.05, 0) is 0 Å². The minimum absolute atomic E-state index is 0.147. The van der Waals surface area contributed by atoms with Gasteiger partial charge in [0, 0.05) is 33.2 Å². The molecule has 2 fully saturated rings. The maximum Gasteiger partial charge on any atom is 0.282 e. The maximum atomic E-state index is 11.6. The van der Waals surface area contributed by atoms with Gasteiger partial charge in [0.25, 0.3) is 10.2 Å². The van der Waals surface area contributed by atoms with E-state index in [2.05, 4.69) is 5.32 Å². The molecule has 0 amide bonds. The number of hydrogen-bond acceptors (Lipinski definition) is 3. The average molecular weight is 191 g/mol. The summed E-state index contributed by atoms with van der Waals surface area (Å²) in [7, 11) is -1.47. The van der Waals surface area contributed by atoms with Gasteiger partial charge in [-0.2, -0.15) is 17.0 Å². The molecule has 0 aromatic carbocycles. The number of nitrogens with one attached hydrogen (secondary N) is 1. The van der Waals surface area contributed by atoms with Crippen LogP contribution in [0.15, 0.2) is 0 Å². The summed E-state index contributed by atoms with van der Waals surface area (Å²) in [5.74, 6) is 0. The lowest BCUT2D eigenvalue weighted by atomic mass is 10.2. The fraction of sp³-hybridized carbons (Fsp3) is 1.00. The predicted molar refractivity (Wildman–Crippen MR) is 44.9 cm³/mol. The highest BCUT2D eigenvalue weighted by atomic mass is 32.2. The summed E-state index contributed by atoms with van der Waals surface area (Å²) < 4.78 is 26.1. The van der Waals surface area contributed by atoms with E-state index in [1.807, 2.05) is 0 Å². The van der Waals surface area contributed by atoms with Gasteiger partial charge in [0.1, 0.15) is 0 Å². The minimum atomic E-state index is -3.10. The largest absolute Gasteiger partial charge is 0.314 e. The van der Waals surface area contributed by atoms with Crippen LogP contribution in [0.3, 0.4) is 0 Å². The van der Waals surface area contributed by atoms with Crippen LogP contribution in [-0.2, 0) is 10.2 Å². The van der Waals surface area contributed by atoms with Gasteiger partial charge in [-0.15, -0.1) is 0 Å². The van der Waals surface area contributed by atoms with Crippen LogP contribution in [0.4, 0.5) is 0 Å². The van der Waals surface area contributed by atoms with Crippen molar-refractivity contribution in [1.82, 2.24) is 13.9 Å². The quantitative estimate of drug-likeness (QED) is 0.504. The minimum Gasteiger partial charge on any atom is -0.314 e. The summed E-state index contributed by atoms with van der Waals surface area (Å²) in [4.78, 5) is 0. The third-order valence-corrected chi connectivity index (χ3v) is 4.46. The topological polar surface area (TPSA) is 52.6 Å². The lowest BCUT2D eigenvalue weighted by Gasteiger charge is -2.26. The highest BCUT2D eigenvalue weighted by Gasteiger charge is 2.42. The normalized spacial score (nSPS) is 36.6. The van der Waals surface area contributed by atoms with E-state index in [0.29, 0.717) is 13.1 Å². The lowest BCUT2D eigenvalue weighted by Crippen LogP contribution is -2.50. The fourth-order valence-electron chi connectivity index (χ4n) is 1.77. The number of hydrogen-bond donors (Lipinski definition) is 1. The van der Waals surface area contributed by atoms with Crippen LogP contribution < -0.4 is 5.32 Å². The number of piperazine rings is 1. The monoisotopic (exact) mass is 191 g/mol. The standard InChI is InChI=1S/C6H13N3O2S/c1-8-5-6-4-7-2-3-9(6)12(8,10)11/h6-7H,2-5H2,1H3. The Morgan fingerprint density at radius 1 is 1.50 bits per heavy atom. The van der Waals surface area contributed by atoms with Gasteiger partial charge in [-0.3, -0.25) is 0 Å². The van der Waals surface area contributed by atoms with Crippen LogP contribution in [0.25, 0.3) is 0 Å². The smallest absolute Gasteiger partial charge is 0.282 e. The molecule has 0 saturated carbocycles. The number of likely N-dealkylation sites (N-methyl/N-ethyl adjacent to an activating group) is 1. The van der Waals surface area contributed by atoms with Crippen molar-refractivity contribution in [3.8, 4) is 0 Å². The van der Waals surface area contributed by atoms with Crippen molar-refractivity contribution in [2.75, 3.05) is 33.2 Å². The second-order valence-electron chi connectivity index (χ2n) is 3.26. The summed E-state index contributed by atoms with van der Waals surface area (Å²) in [5, 5.41) is 3.18. The van der Waals surface area contributed by atoms with Crippen LogP contribution in [0, 0.1) is 0 Å². The van der Waals surface area contributed by atoms with E-state index in [4.69, 9.17) is 0 Å². The van der Waals surface area contributed by atoms with Crippen LogP contribution in [0.5, 0.6) is 0 Å². The molecule has 6 heteroatoms. The first-order chi connectivity index (χ1) is 5.62. The third kappa shape index (κ3) is 1.06. The highest BCUT2D eigenvalue weighted by molar-refractivity contribution is 7.87. The first-order valence-electron chi connectivity index (χ1n) is 4.06. The highest BCUT2D eigenvalue weighted by Crippen LogP contribution is 2.21. The zero-order chi connectivity index (χ0) is 8.77. The van der Waals surface area contributed by atoms with E-state index in [-0.39, 0.29) is 6.04 Å². The third-order valence-electron chi connectivity index (χ3n) is 2.45. The molecule has 1 N–H and O–H groups in total. The van der Waals surface area contributed by atoms with Crippen LogP contribution in [0.1, 0.15) is 0 Å². The van der Waals surface area contributed by atoms with Crippen LogP contribution >= 0.6 is 0 Å². The molecule has 0 spiro atoms. The molecular weight excluding hydrogens is 178 g/mol. The van der Waals surface area contributed by atoms with Crippen LogP contribution in [0.2, 0.25) is 0 Å². The Balaban J connectivity index is 2.28. The van der Waals surface area contributed by atoms with Crippen molar-refractivity contribution < 1.29 is 8.42 Å². The Labute approximate surface area is 72.5 Å². The zero-order valence-corrected chi connectivity index (χ0v) is 7.84. The van der Waals surface area contributed by atoms with E-state index < -0.39 is 10.2 Å². The van der Waals surface area contributed by atoms with Crippen molar-refractivity contribution in [2.45, 2.75) is 6.04 Å². The summed E-state index contributed by atoms with van der Waals surface area (Å²) in [5.41, 5.74) is 0. The molecule has 2 heterocycles. The molecule has 2 saturated heterocycles. The molecule has 0 aromatic rings. The first kappa shape index (κ1) is 8.43. The summed E-state index contributed by atoms with van der Waals surface area (Å²) in [6.45, 7) is 2.78. The number of fused-ring (bicyclic) bond motifs is 1. The maximum absolute atomic E-state index is 11.6. The van der Waals surface area contributed by atoms with E-state index in [1.165, 1.54) is 4.31 Å². The summed E-state index contributed by atoms with van der Waals surface area (Å²) >= 11 is 0. The second kappa shape index (κ2) is 2.66. The molecule has 5 nitrogen and oxygen atoms in total. The molecule has 0 aliphatic carbocycles. The second-order valence-corrected chi connectivity index (χ2v) is 5.24.